The zero-order valence-corrected chi connectivity index (χ0v) is 20.0. The molecule has 1 aliphatic rings. The topological polar surface area (TPSA) is 143 Å². The van der Waals surface area contributed by atoms with Crippen LogP contribution in [0.15, 0.2) is 30.3 Å². The minimum Gasteiger partial charge on any atom is -0.454 e. The summed E-state index contributed by atoms with van der Waals surface area (Å²) >= 11 is 0. The Labute approximate surface area is 187 Å². The highest BCUT2D eigenvalue weighted by Crippen LogP contribution is 2.28. The lowest BCUT2D eigenvalue weighted by atomic mass is 10.1. The molecule has 13 heteroatoms. The molecule has 2 rings (SSSR count). The summed E-state index contributed by atoms with van der Waals surface area (Å²) in [4.78, 5) is 26.4. The maximum Gasteiger partial charge on any atom is 0.410 e. The average molecular weight is 494 g/mol. The Balaban J connectivity index is 2.39. The number of hydrogen-bond donors (Lipinski definition) is 0. The number of benzene rings is 1. The van der Waals surface area contributed by atoms with Gasteiger partial charge in [0.2, 0.25) is 0 Å². The minimum atomic E-state index is -4.09. The Morgan fingerprint density at radius 2 is 1.62 bits per heavy atom. The SMILES string of the molecule is CC(C)(C)OC(=O)N1C[C@@H](OC(=O)c2ccccc2)[C@@H](OS(C)(=O)=O)[C@@H]1COS(C)(=O)=O. The van der Waals surface area contributed by atoms with Gasteiger partial charge in [-0.15, -0.1) is 0 Å². The van der Waals surface area contributed by atoms with Crippen LogP contribution in [0.1, 0.15) is 31.1 Å². The number of ether oxygens (including phenoxy) is 2. The molecule has 1 aromatic carbocycles. The van der Waals surface area contributed by atoms with E-state index in [1.807, 2.05) is 0 Å². The molecule has 0 saturated carbocycles. The summed E-state index contributed by atoms with van der Waals surface area (Å²) in [5, 5.41) is 0. The Bertz CT molecular complexity index is 1030. The van der Waals surface area contributed by atoms with Crippen LogP contribution in [0.2, 0.25) is 0 Å². The lowest BCUT2D eigenvalue weighted by Crippen LogP contribution is -2.46. The van der Waals surface area contributed by atoms with Crippen LogP contribution >= 0.6 is 0 Å². The van der Waals surface area contributed by atoms with Crippen LogP contribution in [-0.2, 0) is 38.1 Å². The molecule has 0 N–H and O–H groups in total. The van der Waals surface area contributed by atoms with Crippen LogP contribution in [0.4, 0.5) is 4.79 Å². The van der Waals surface area contributed by atoms with E-state index < -0.39 is 62.8 Å². The molecule has 180 valence electrons. The van der Waals surface area contributed by atoms with Crippen LogP contribution in [0.5, 0.6) is 0 Å². The first kappa shape index (κ1) is 26.0. The first-order valence-electron chi connectivity index (χ1n) is 9.54. The van der Waals surface area contributed by atoms with Crippen molar-refractivity contribution in [2.45, 2.75) is 44.6 Å². The first-order chi connectivity index (χ1) is 14.6. The number of likely N-dealkylation sites (tertiary alicyclic amines) is 1. The number of rotatable bonds is 7. The van der Waals surface area contributed by atoms with Gasteiger partial charge in [0.15, 0.2) is 0 Å². The van der Waals surface area contributed by atoms with Gasteiger partial charge in [0, 0.05) is 0 Å². The fourth-order valence-electron chi connectivity index (χ4n) is 2.98. The van der Waals surface area contributed by atoms with E-state index >= 15 is 0 Å². The second kappa shape index (κ2) is 9.73. The highest BCUT2D eigenvalue weighted by atomic mass is 32.2. The molecule has 11 nitrogen and oxygen atoms in total. The quantitative estimate of drug-likeness (QED) is 0.401. The summed E-state index contributed by atoms with van der Waals surface area (Å²) in [5.41, 5.74) is -0.698. The largest absolute Gasteiger partial charge is 0.454 e. The maximum atomic E-state index is 12.8. The van der Waals surface area contributed by atoms with E-state index in [1.54, 1.807) is 39.0 Å². The van der Waals surface area contributed by atoms with Gasteiger partial charge >= 0.3 is 12.1 Å². The van der Waals surface area contributed by atoms with Crippen molar-refractivity contribution in [1.82, 2.24) is 4.90 Å². The van der Waals surface area contributed by atoms with Gasteiger partial charge in [0.1, 0.15) is 17.8 Å². The molecule has 0 bridgehead atoms. The van der Waals surface area contributed by atoms with Crippen molar-refractivity contribution < 1.29 is 44.3 Å². The summed E-state index contributed by atoms with van der Waals surface area (Å²) in [5.74, 6) is -0.772. The molecule has 1 aromatic rings. The van der Waals surface area contributed by atoms with E-state index in [9.17, 15) is 26.4 Å². The summed E-state index contributed by atoms with van der Waals surface area (Å²) < 4.78 is 67.5. The van der Waals surface area contributed by atoms with Crippen LogP contribution in [0, 0.1) is 0 Å². The highest BCUT2D eigenvalue weighted by molar-refractivity contribution is 7.86. The zero-order chi connectivity index (χ0) is 24.3. The Morgan fingerprint density at radius 3 is 2.12 bits per heavy atom. The summed E-state index contributed by atoms with van der Waals surface area (Å²) in [7, 11) is -8.02. The van der Waals surface area contributed by atoms with Crippen molar-refractivity contribution >= 4 is 32.3 Å². The summed E-state index contributed by atoms with van der Waals surface area (Å²) in [6, 6.07) is 6.70. The predicted octanol–water partition coefficient (Wildman–Crippen LogP) is 1.15. The number of carbonyl (C=O) groups is 2. The Kier molecular flexibility index (Phi) is 7.92. The van der Waals surface area contributed by atoms with Crippen molar-refractivity contribution in [3.8, 4) is 0 Å². The predicted molar refractivity (Wildman–Crippen MR) is 113 cm³/mol. The lowest BCUT2D eigenvalue weighted by Gasteiger charge is -2.29. The summed E-state index contributed by atoms with van der Waals surface area (Å²) in [6.07, 6.45) is -1.95. The van der Waals surface area contributed by atoms with Crippen molar-refractivity contribution in [2.75, 3.05) is 25.7 Å². The number of esters is 1. The van der Waals surface area contributed by atoms with Crippen molar-refractivity contribution in [2.24, 2.45) is 0 Å². The molecule has 0 spiro atoms. The van der Waals surface area contributed by atoms with E-state index in [1.165, 1.54) is 12.1 Å². The number of hydrogen-bond acceptors (Lipinski definition) is 10. The van der Waals surface area contributed by atoms with Gasteiger partial charge < -0.3 is 9.47 Å². The number of carbonyl (C=O) groups excluding carboxylic acids is 2. The third-order valence-electron chi connectivity index (χ3n) is 4.16. The van der Waals surface area contributed by atoms with Crippen LogP contribution in [0.25, 0.3) is 0 Å². The zero-order valence-electron chi connectivity index (χ0n) is 18.4. The molecule has 1 aliphatic heterocycles. The third-order valence-corrected chi connectivity index (χ3v) is 5.29. The molecular weight excluding hydrogens is 466 g/mol. The molecule has 1 heterocycles. The van der Waals surface area contributed by atoms with E-state index in [0.29, 0.717) is 0 Å². The Morgan fingerprint density at radius 1 is 1.03 bits per heavy atom. The van der Waals surface area contributed by atoms with Crippen molar-refractivity contribution in [3.05, 3.63) is 35.9 Å². The van der Waals surface area contributed by atoms with Gasteiger partial charge in [-0.1, -0.05) is 18.2 Å². The average Bonchev–Trinajstić information content (AvgIpc) is 2.94. The lowest BCUT2D eigenvalue weighted by molar-refractivity contribution is 0.00127. The first-order valence-corrected chi connectivity index (χ1v) is 13.2. The Hall–Kier alpha value is -2.22. The maximum absolute atomic E-state index is 12.8. The van der Waals surface area contributed by atoms with Gasteiger partial charge in [-0.25, -0.2) is 9.59 Å². The second-order valence-corrected chi connectivity index (χ2v) is 11.5. The molecular formula is C19H27NO10S2. The fraction of sp³-hybridized carbons (Fsp3) is 0.579. The highest BCUT2D eigenvalue weighted by Gasteiger charge is 2.50. The fourth-order valence-corrected chi connectivity index (χ4v) is 4.02. The van der Waals surface area contributed by atoms with Gasteiger partial charge in [-0.3, -0.25) is 13.3 Å². The molecule has 0 aliphatic carbocycles. The normalized spacial score (nSPS) is 21.9. The van der Waals surface area contributed by atoms with E-state index in [-0.39, 0.29) is 12.1 Å². The van der Waals surface area contributed by atoms with E-state index in [4.69, 9.17) is 17.8 Å². The third kappa shape index (κ3) is 8.04. The molecule has 3 atom stereocenters. The standard InChI is InChI=1S/C19H27NO10S2/c1-19(2,3)29-18(22)20-11-15(28-17(21)13-9-7-6-8-10-13)16(30-32(5,25)26)14(20)12-27-31(4,23)24/h6-10,14-16H,11-12H2,1-5H3/t14-,15+,16-/m0/s1. The van der Waals surface area contributed by atoms with Gasteiger partial charge in [0.25, 0.3) is 20.2 Å². The molecule has 1 saturated heterocycles. The number of nitrogens with zero attached hydrogens (tertiary/aromatic N) is 1. The van der Waals surface area contributed by atoms with Gasteiger partial charge in [-0.05, 0) is 32.9 Å². The monoisotopic (exact) mass is 493 g/mol. The molecule has 0 radical (unpaired) electrons. The minimum absolute atomic E-state index is 0.199. The van der Waals surface area contributed by atoms with Gasteiger partial charge in [0.05, 0.1) is 37.3 Å². The summed E-state index contributed by atoms with van der Waals surface area (Å²) in [6.45, 7) is 3.95. The molecule has 1 amide bonds. The van der Waals surface area contributed by atoms with E-state index in [2.05, 4.69) is 0 Å². The second-order valence-electron chi connectivity index (χ2n) is 8.26. The van der Waals surface area contributed by atoms with Crippen LogP contribution in [-0.4, -0.2) is 83.3 Å². The van der Waals surface area contributed by atoms with Crippen molar-refractivity contribution in [1.29, 1.82) is 0 Å². The van der Waals surface area contributed by atoms with E-state index in [0.717, 1.165) is 17.4 Å². The molecule has 0 unspecified atom stereocenters. The molecule has 32 heavy (non-hydrogen) atoms. The smallest absolute Gasteiger partial charge is 0.410 e. The molecule has 1 fully saturated rings. The number of amides is 1. The van der Waals surface area contributed by atoms with Crippen LogP contribution < -0.4 is 0 Å². The van der Waals surface area contributed by atoms with Gasteiger partial charge in [-0.2, -0.15) is 16.8 Å². The molecule has 0 aromatic heterocycles. The van der Waals surface area contributed by atoms with Crippen LogP contribution in [0.3, 0.4) is 0 Å². The van der Waals surface area contributed by atoms with Crippen molar-refractivity contribution in [3.63, 3.8) is 0 Å².